The number of hydrogen-bond donors (Lipinski definition) is 1. The highest BCUT2D eigenvalue weighted by atomic mass is 35.5. The number of nitrogens with zero attached hydrogens (tertiary/aromatic N) is 5. The van der Waals surface area contributed by atoms with Gasteiger partial charge >= 0.3 is 0 Å². The summed E-state index contributed by atoms with van der Waals surface area (Å²) in [7, 11) is 0. The quantitative estimate of drug-likeness (QED) is 0.473. The number of fused-ring (bicyclic) bond motifs is 3. The molecule has 0 bridgehead atoms. The molecule has 29 heavy (non-hydrogen) atoms. The second-order valence-electron chi connectivity index (χ2n) is 6.61. The van der Waals surface area contributed by atoms with Crippen LogP contribution in [0, 0.1) is 25.7 Å². The molecule has 142 valence electrons. The third kappa shape index (κ3) is 3.07. The number of imidazole rings is 1. The molecule has 5 rings (SSSR count). The Morgan fingerprint density at radius 1 is 1.14 bits per heavy atom. The Morgan fingerprint density at radius 2 is 1.97 bits per heavy atom. The van der Waals surface area contributed by atoms with Crippen molar-refractivity contribution in [2.45, 2.75) is 20.4 Å². The molecule has 0 radical (unpaired) electrons. The van der Waals surface area contributed by atoms with Gasteiger partial charge in [0.2, 0.25) is 0 Å². The fraction of sp³-hybridized carbons (Fsp3) is 0.143. The molecular formula is C21H15ClN6S. The monoisotopic (exact) mass is 418 g/mol. The van der Waals surface area contributed by atoms with Gasteiger partial charge in [0, 0.05) is 22.3 Å². The maximum absolute atomic E-state index is 6.10. The molecule has 0 unspecified atom stereocenters. The van der Waals surface area contributed by atoms with Gasteiger partial charge in [-0.25, -0.2) is 4.98 Å². The first-order valence-corrected chi connectivity index (χ1v) is 10.2. The summed E-state index contributed by atoms with van der Waals surface area (Å²) in [6, 6.07) is 7.76. The molecule has 0 amide bonds. The molecule has 3 aromatic heterocycles. The Bertz CT molecular complexity index is 1300. The highest BCUT2D eigenvalue weighted by molar-refractivity contribution is 7.15. The van der Waals surface area contributed by atoms with E-state index in [1.807, 2.05) is 31.2 Å². The average Bonchev–Trinajstić information content (AvgIpc) is 3.40. The van der Waals surface area contributed by atoms with E-state index in [1.165, 1.54) is 0 Å². The van der Waals surface area contributed by atoms with Crippen LogP contribution >= 0.6 is 22.9 Å². The summed E-state index contributed by atoms with van der Waals surface area (Å²) in [5, 5.41) is 10.3. The van der Waals surface area contributed by atoms with Crippen molar-refractivity contribution in [1.29, 1.82) is 0 Å². The zero-order valence-electron chi connectivity index (χ0n) is 15.7. The minimum atomic E-state index is 0.466. The van der Waals surface area contributed by atoms with Gasteiger partial charge in [-0.05, 0) is 43.4 Å². The minimum absolute atomic E-state index is 0.466. The van der Waals surface area contributed by atoms with Crippen molar-refractivity contribution in [3.05, 3.63) is 80.7 Å². The van der Waals surface area contributed by atoms with Crippen LogP contribution in [0.1, 0.15) is 38.9 Å². The van der Waals surface area contributed by atoms with Gasteiger partial charge in [0.1, 0.15) is 23.1 Å². The molecule has 1 N–H and O–H groups in total. The summed E-state index contributed by atoms with van der Waals surface area (Å²) >= 11 is 7.72. The molecule has 1 aliphatic heterocycles. The molecule has 4 aromatic rings. The summed E-state index contributed by atoms with van der Waals surface area (Å²) in [5.41, 5.74) is 4.79. The van der Waals surface area contributed by atoms with E-state index in [9.17, 15) is 0 Å². The number of benzene rings is 1. The minimum Gasteiger partial charge on any atom is -0.350 e. The van der Waals surface area contributed by atoms with E-state index in [4.69, 9.17) is 16.6 Å². The zero-order valence-corrected chi connectivity index (χ0v) is 17.3. The number of H-pyrrole nitrogens is 1. The summed E-state index contributed by atoms with van der Waals surface area (Å²) in [6.45, 7) is 4.51. The van der Waals surface area contributed by atoms with Crippen molar-refractivity contribution in [2.24, 2.45) is 4.99 Å². The summed E-state index contributed by atoms with van der Waals surface area (Å²) < 4.78 is 2.08. The van der Waals surface area contributed by atoms with Crippen molar-refractivity contribution >= 4 is 28.6 Å². The standard InChI is InChI=1S/C21H15ClN6S/c1-12-17(8-7-16-9-23-11-25-16)29-21-19(12)20(14-3-5-15(22)6-4-14)24-10-18-27-26-13(2)28(18)21/h3-6,9,11H,10H2,1-2H3,(H,23,25). The second kappa shape index (κ2) is 6.99. The lowest BCUT2D eigenvalue weighted by atomic mass is 10.00. The van der Waals surface area contributed by atoms with Gasteiger partial charge in [-0.1, -0.05) is 23.7 Å². The van der Waals surface area contributed by atoms with Gasteiger partial charge in [-0.2, -0.15) is 0 Å². The SMILES string of the molecule is Cc1c(C#Cc2c[nH]cn2)sc2c1C(c1ccc(Cl)cc1)=NCc1nnc(C)n1-2. The Kier molecular flexibility index (Phi) is 4.31. The first kappa shape index (κ1) is 17.9. The van der Waals surface area contributed by atoms with Crippen LogP contribution in [0.2, 0.25) is 5.02 Å². The first-order valence-electron chi connectivity index (χ1n) is 8.98. The van der Waals surface area contributed by atoms with Crippen LogP contribution in [0.3, 0.4) is 0 Å². The van der Waals surface area contributed by atoms with E-state index in [0.29, 0.717) is 17.3 Å². The van der Waals surface area contributed by atoms with Crippen LogP contribution in [0.4, 0.5) is 0 Å². The lowest BCUT2D eigenvalue weighted by molar-refractivity contribution is 0.869. The van der Waals surface area contributed by atoms with E-state index in [2.05, 4.69) is 43.5 Å². The second-order valence-corrected chi connectivity index (χ2v) is 8.05. The highest BCUT2D eigenvalue weighted by Crippen LogP contribution is 2.36. The predicted octanol–water partition coefficient (Wildman–Crippen LogP) is 4.07. The first-order chi connectivity index (χ1) is 14.1. The molecule has 0 saturated heterocycles. The number of aryl methyl sites for hydroxylation is 1. The van der Waals surface area contributed by atoms with E-state index < -0.39 is 0 Å². The molecular weight excluding hydrogens is 404 g/mol. The van der Waals surface area contributed by atoms with Crippen LogP contribution in [0.25, 0.3) is 5.00 Å². The fourth-order valence-corrected chi connectivity index (χ4v) is 4.71. The third-order valence-corrected chi connectivity index (χ3v) is 6.20. The van der Waals surface area contributed by atoms with Crippen LogP contribution in [-0.2, 0) is 6.54 Å². The van der Waals surface area contributed by atoms with Crippen LogP contribution in [0.5, 0.6) is 0 Å². The number of rotatable bonds is 1. The molecule has 1 aromatic carbocycles. The van der Waals surface area contributed by atoms with Gasteiger partial charge in [0.25, 0.3) is 0 Å². The maximum atomic E-state index is 6.10. The van der Waals surface area contributed by atoms with Crippen molar-refractivity contribution in [1.82, 2.24) is 24.7 Å². The Hall–Kier alpha value is -3.21. The molecule has 4 heterocycles. The normalized spacial score (nSPS) is 12.4. The lowest BCUT2D eigenvalue weighted by Crippen LogP contribution is -2.07. The smallest absolute Gasteiger partial charge is 0.160 e. The molecule has 6 nitrogen and oxygen atoms in total. The van der Waals surface area contributed by atoms with Gasteiger partial charge in [0.15, 0.2) is 5.82 Å². The predicted molar refractivity (Wildman–Crippen MR) is 114 cm³/mol. The Balaban J connectivity index is 1.73. The zero-order chi connectivity index (χ0) is 20.0. The van der Waals surface area contributed by atoms with Gasteiger partial charge in [0.05, 0.1) is 16.9 Å². The summed E-state index contributed by atoms with van der Waals surface area (Å²) in [6.07, 6.45) is 3.40. The number of hydrogen-bond acceptors (Lipinski definition) is 5. The van der Waals surface area contributed by atoms with E-state index in [1.54, 1.807) is 23.9 Å². The van der Waals surface area contributed by atoms with Gasteiger partial charge < -0.3 is 4.98 Å². The number of thiophene rings is 1. The molecule has 0 aliphatic carbocycles. The lowest BCUT2D eigenvalue weighted by Gasteiger charge is -2.09. The van der Waals surface area contributed by atoms with E-state index in [-0.39, 0.29) is 0 Å². The molecule has 8 heteroatoms. The summed E-state index contributed by atoms with van der Waals surface area (Å²) in [5.74, 6) is 8.05. The van der Waals surface area contributed by atoms with Crippen molar-refractivity contribution in [3.63, 3.8) is 0 Å². The highest BCUT2D eigenvalue weighted by Gasteiger charge is 2.27. The van der Waals surface area contributed by atoms with E-state index >= 15 is 0 Å². The van der Waals surface area contributed by atoms with Gasteiger partial charge in [-0.15, -0.1) is 21.5 Å². The molecule has 0 fully saturated rings. The number of nitrogens with one attached hydrogen (secondary N) is 1. The van der Waals surface area contributed by atoms with Crippen LogP contribution in [-0.4, -0.2) is 30.4 Å². The van der Waals surface area contributed by atoms with Crippen LogP contribution < -0.4 is 0 Å². The average molecular weight is 419 g/mol. The Morgan fingerprint density at radius 3 is 2.72 bits per heavy atom. The van der Waals surface area contributed by atoms with Gasteiger partial charge in [-0.3, -0.25) is 9.56 Å². The van der Waals surface area contributed by atoms with Crippen molar-refractivity contribution in [3.8, 4) is 16.8 Å². The number of halogens is 1. The number of aromatic nitrogens is 5. The molecule has 1 aliphatic rings. The van der Waals surface area contributed by atoms with Crippen molar-refractivity contribution in [2.75, 3.05) is 0 Å². The topological polar surface area (TPSA) is 71.8 Å². The summed E-state index contributed by atoms with van der Waals surface area (Å²) in [4.78, 5) is 13.0. The molecule has 0 saturated carbocycles. The Labute approximate surface area is 176 Å². The number of aromatic amines is 1. The third-order valence-electron chi connectivity index (χ3n) is 4.76. The maximum Gasteiger partial charge on any atom is 0.160 e. The van der Waals surface area contributed by atoms with Crippen LogP contribution in [0.15, 0.2) is 41.8 Å². The largest absolute Gasteiger partial charge is 0.350 e. The van der Waals surface area contributed by atoms with Crippen molar-refractivity contribution < 1.29 is 0 Å². The molecule has 0 atom stereocenters. The van der Waals surface area contributed by atoms with E-state index in [0.717, 1.165) is 43.9 Å². The molecule has 0 spiro atoms. The number of aliphatic imine (C=N–C) groups is 1. The fourth-order valence-electron chi connectivity index (χ4n) is 3.35.